The summed E-state index contributed by atoms with van der Waals surface area (Å²) in [5.74, 6) is -0.480. The lowest BCUT2D eigenvalue weighted by molar-refractivity contribution is -0.141. The second-order valence-corrected chi connectivity index (χ2v) is 12.4. The first-order chi connectivity index (χ1) is 17.9. The highest BCUT2D eigenvalue weighted by Crippen LogP contribution is 2.27. The van der Waals surface area contributed by atoms with Crippen LogP contribution in [0.15, 0.2) is 36.4 Å². The number of carbonyl (C=O) groups excluding carboxylic acids is 2. The number of benzene rings is 2. The van der Waals surface area contributed by atoms with E-state index in [2.05, 4.69) is 5.32 Å². The van der Waals surface area contributed by atoms with Gasteiger partial charge in [-0.25, -0.2) is 8.42 Å². The fourth-order valence-corrected chi connectivity index (χ4v) is 5.60. The fourth-order valence-electron chi connectivity index (χ4n) is 4.09. The third-order valence-electron chi connectivity index (χ3n) is 6.14. The zero-order valence-corrected chi connectivity index (χ0v) is 25.4. The minimum atomic E-state index is -3.62. The van der Waals surface area contributed by atoms with E-state index in [9.17, 15) is 18.0 Å². The number of nitrogens with zero attached hydrogens (tertiary/aromatic N) is 2. The third-order valence-corrected chi connectivity index (χ3v) is 8.30. The number of rotatable bonds is 14. The van der Waals surface area contributed by atoms with Gasteiger partial charge in [-0.2, -0.15) is 0 Å². The van der Waals surface area contributed by atoms with Crippen LogP contribution in [0, 0.1) is 6.92 Å². The van der Waals surface area contributed by atoms with E-state index in [4.69, 9.17) is 34.8 Å². The summed E-state index contributed by atoms with van der Waals surface area (Å²) in [6.07, 6.45) is 3.62. The van der Waals surface area contributed by atoms with E-state index < -0.39 is 16.1 Å². The predicted octanol–water partition coefficient (Wildman–Crippen LogP) is 6.23. The highest BCUT2D eigenvalue weighted by molar-refractivity contribution is 7.92. The van der Waals surface area contributed by atoms with Gasteiger partial charge in [0.05, 0.1) is 22.0 Å². The topological polar surface area (TPSA) is 86.8 Å². The highest BCUT2D eigenvalue weighted by Gasteiger charge is 2.29. The van der Waals surface area contributed by atoms with Crippen LogP contribution in [0.25, 0.3) is 0 Å². The molecule has 2 aromatic carbocycles. The molecule has 0 fully saturated rings. The van der Waals surface area contributed by atoms with Gasteiger partial charge in [-0.1, -0.05) is 67.2 Å². The van der Waals surface area contributed by atoms with E-state index in [1.807, 2.05) is 13.8 Å². The van der Waals surface area contributed by atoms with Crippen LogP contribution >= 0.6 is 34.8 Å². The molecule has 0 radical (unpaired) electrons. The second kappa shape index (κ2) is 15.0. The molecule has 7 nitrogen and oxygen atoms in total. The summed E-state index contributed by atoms with van der Waals surface area (Å²) in [6.45, 7) is 6.48. The van der Waals surface area contributed by atoms with Gasteiger partial charge in [0, 0.05) is 31.1 Å². The molecule has 0 aliphatic rings. The zero-order chi connectivity index (χ0) is 28.5. The van der Waals surface area contributed by atoms with E-state index in [0.29, 0.717) is 33.7 Å². The number of nitrogens with one attached hydrogen (secondary N) is 1. The number of hydrogen-bond donors (Lipinski definition) is 1. The Bertz CT molecular complexity index is 1220. The van der Waals surface area contributed by atoms with Crippen molar-refractivity contribution in [2.45, 2.75) is 65.5 Å². The van der Waals surface area contributed by atoms with Crippen molar-refractivity contribution in [3.05, 3.63) is 62.6 Å². The van der Waals surface area contributed by atoms with Crippen LogP contribution < -0.4 is 9.62 Å². The van der Waals surface area contributed by atoms with Gasteiger partial charge in [0.1, 0.15) is 6.04 Å². The molecule has 0 saturated carbocycles. The Morgan fingerprint density at radius 2 is 1.71 bits per heavy atom. The second-order valence-electron chi connectivity index (χ2n) is 9.21. The summed E-state index contributed by atoms with van der Waals surface area (Å²) in [5.41, 5.74) is 1.96. The lowest BCUT2D eigenvalue weighted by atomic mass is 10.1. The predicted molar refractivity (Wildman–Crippen MR) is 157 cm³/mol. The van der Waals surface area contributed by atoms with Crippen molar-refractivity contribution in [2.24, 2.45) is 0 Å². The smallest absolute Gasteiger partial charge is 0.242 e. The molecule has 1 N–H and O–H groups in total. The van der Waals surface area contributed by atoms with Crippen molar-refractivity contribution in [1.29, 1.82) is 0 Å². The summed E-state index contributed by atoms with van der Waals surface area (Å²) in [6, 6.07) is 9.47. The Kier molecular flexibility index (Phi) is 12.7. The summed E-state index contributed by atoms with van der Waals surface area (Å²) in [5, 5.41) is 4.10. The molecule has 2 aromatic rings. The Morgan fingerprint density at radius 3 is 2.32 bits per heavy atom. The van der Waals surface area contributed by atoms with Gasteiger partial charge in [-0.3, -0.25) is 13.9 Å². The Morgan fingerprint density at radius 1 is 1.00 bits per heavy atom. The first kappa shape index (κ1) is 32.2. The average Bonchev–Trinajstić information content (AvgIpc) is 2.85. The number of amides is 2. The molecule has 0 unspecified atom stereocenters. The molecule has 0 heterocycles. The van der Waals surface area contributed by atoms with Gasteiger partial charge >= 0.3 is 0 Å². The summed E-state index contributed by atoms with van der Waals surface area (Å²) in [4.78, 5) is 28.1. The first-order valence-corrected chi connectivity index (χ1v) is 15.6. The number of carbonyl (C=O) groups is 2. The molecule has 210 valence electrons. The number of aryl methyl sites for hydroxylation is 1. The number of anilines is 1. The normalized spacial score (nSPS) is 12.2. The molecule has 2 amide bonds. The van der Waals surface area contributed by atoms with E-state index >= 15 is 0 Å². The average molecular weight is 605 g/mol. The minimum absolute atomic E-state index is 0.0473. The van der Waals surface area contributed by atoms with Crippen LogP contribution in [-0.4, -0.2) is 50.5 Å². The van der Waals surface area contributed by atoms with Crippen LogP contribution in [-0.2, 0) is 26.2 Å². The zero-order valence-electron chi connectivity index (χ0n) is 22.3. The van der Waals surface area contributed by atoms with Crippen LogP contribution in [0.1, 0.15) is 57.1 Å². The maximum Gasteiger partial charge on any atom is 0.242 e. The lowest BCUT2D eigenvalue weighted by Crippen LogP contribution is -2.49. The number of hydrogen-bond acceptors (Lipinski definition) is 4. The maximum absolute atomic E-state index is 13.5. The highest BCUT2D eigenvalue weighted by atomic mass is 35.5. The van der Waals surface area contributed by atoms with Crippen molar-refractivity contribution < 1.29 is 18.0 Å². The maximum atomic E-state index is 13.5. The van der Waals surface area contributed by atoms with Crippen molar-refractivity contribution in [3.63, 3.8) is 0 Å². The molecule has 0 aliphatic heterocycles. The summed E-state index contributed by atoms with van der Waals surface area (Å²) in [7, 11) is -3.62. The molecular formula is C27H36Cl3N3O4S. The SMILES string of the molecule is CCCCNC(=O)[C@@H](CC)N(Cc1ccc(Cl)c(Cl)c1)C(=O)CCCN(c1cc(Cl)ccc1C)S(C)(=O)=O. The molecule has 0 aliphatic carbocycles. The molecular weight excluding hydrogens is 569 g/mol. The van der Waals surface area contributed by atoms with Gasteiger partial charge in [-0.05, 0) is 61.6 Å². The molecule has 11 heteroatoms. The van der Waals surface area contributed by atoms with E-state index in [1.165, 1.54) is 9.21 Å². The van der Waals surface area contributed by atoms with Gasteiger partial charge in [0.2, 0.25) is 21.8 Å². The number of unbranched alkanes of at least 4 members (excludes halogenated alkanes) is 1. The molecule has 2 rings (SSSR count). The standard InChI is InChI=1S/C27H36Cl3N3O4S/c1-5-7-14-31-27(35)24(6-2)32(18-20-11-13-22(29)23(30)16-20)26(34)9-8-15-33(38(4,36)37)25-17-21(28)12-10-19(25)3/h10-13,16-17,24H,5-9,14-15,18H2,1-4H3,(H,31,35)/t24-/m1/s1. The van der Waals surface area contributed by atoms with Crippen LogP contribution in [0.4, 0.5) is 5.69 Å². The monoisotopic (exact) mass is 603 g/mol. The molecule has 0 aromatic heterocycles. The Balaban J connectivity index is 2.26. The Hall–Kier alpha value is -2.00. The van der Waals surface area contributed by atoms with E-state index in [1.54, 1.807) is 43.3 Å². The van der Waals surface area contributed by atoms with Crippen molar-refractivity contribution in [3.8, 4) is 0 Å². The molecule has 0 spiro atoms. The van der Waals surface area contributed by atoms with Gasteiger partial charge in [0.15, 0.2) is 0 Å². The lowest BCUT2D eigenvalue weighted by Gasteiger charge is -2.31. The van der Waals surface area contributed by atoms with Crippen LogP contribution in [0.2, 0.25) is 15.1 Å². The first-order valence-electron chi connectivity index (χ1n) is 12.6. The quantitative estimate of drug-likeness (QED) is 0.259. The fraction of sp³-hybridized carbons (Fsp3) is 0.481. The number of halogens is 3. The summed E-state index contributed by atoms with van der Waals surface area (Å²) >= 11 is 18.4. The largest absolute Gasteiger partial charge is 0.354 e. The molecule has 0 saturated heterocycles. The van der Waals surface area contributed by atoms with Crippen molar-refractivity contribution in [1.82, 2.24) is 10.2 Å². The van der Waals surface area contributed by atoms with Gasteiger partial charge in [-0.15, -0.1) is 0 Å². The third kappa shape index (κ3) is 9.33. The summed E-state index contributed by atoms with van der Waals surface area (Å²) < 4.78 is 26.4. The molecule has 38 heavy (non-hydrogen) atoms. The van der Waals surface area contributed by atoms with Crippen LogP contribution in [0.3, 0.4) is 0 Å². The Labute approximate surface area is 241 Å². The minimum Gasteiger partial charge on any atom is -0.354 e. The van der Waals surface area contributed by atoms with E-state index in [-0.39, 0.29) is 37.7 Å². The molecule has 1 atom stereocenters. The van der Waals surface area contributed by atoms with Gasteiger partial charge in [0.25, 0.3) is 0 Å². The van der Waals surface area contributed by atoms with Crippen molar-refractivity contribution in [2.75, 3.05) is 23.7 Å². The number of sulfonamides is 1. The van der Waals surface area contributed by atoms with E-state index in [0.717, 1.165) is 30.2 Å². The van der Waals surface area contributed by atoms with Crippen LogP contribution in [0.5, 0.6) is 0 Å². The van der Waals surface area contributed by atoms with Gasteiger partial charge < -0.3 is 10.2 Å². The molecule has 0 bridgehead atoms. The van der Waals surface area contributed by atoms with Crippen molar-refractivity contribution >= 4 is 62.3 Å².